The van der Waals surface area contributed by atoms with Gasteiger partial charge in [0.15, 0.2) is 18.1 Å². The lowest BCUT2D eigenvalue weighted by atomic mass is 10.1. The Morgan fingerprint density at radius 3 is 2.06 bits per heavy atom. The number of benzene rings is 2. The molecule has 0 aromatic heterocycles. The van der Waals surface area contributed by atoms with E-state index < -0.39 is 11.9 Å². The van der Waals surface area contributed by atoms with E-state index in [4.69, 9.17) is 34.0 Å². The van der Waals surface area contributed by atoms with E-state index in [0.29, 0.717) is 19.7 Å². The molecular formula is C25H32N2O8. The molecule has 1 fully saturated rings. The Kier molecular flexibility index (Phi) is 10.8. The molecule has 190 valence electrons. The number of methoxy groups -OCH3 is 1. The Bertz CT molecular complexity index is 973. The van der Waals surface area contributed by atoms with Gasteiger partial charge in [0.05, 0.1) is 13.7 Å². The first kappa shape index (κ1) is 27.5. The van der Waals surface area contributed by atoms with Gasteiger partial charge in [-0.2, -0.15) is 0 Å². The highest BCUT2D eigenvalue weighted by Crippen LogP contribution is 2.28. The molecule has 1 saturated heterocycles. The van der Waals surface area contributed by atoms with E-state index in [-0.39, 0.29) is 12.5 Å². The normalized spacial score (nSPS) is 13.3. The van der Waals surface area contributed by atoms with Crippen LogP contribution >= 0.6 is 0 Å². The quantitative estimate of drug-likeness (QED) is 0.538. The van der Waals surface area contributed by atoms with Gasteiger partial charge in [-0.05, 0) is 43.7 Å². The van der Waals surface area contributed by atoms with Crippen LogP contribution in [0.4, 0.5) is 0 Å². The number of hydrogen-bond donors (Lipinski definition) is 2. The van der Waals surface area contributed by atoms with Crippen molar-refractivity contribution in [2.24, 2.45) is 0 Å². The fourth-order valence-electron chi connectivity index (χ4n) is 3.37. The van der Waals surface area contributed by atoms with E-state index >= 15 is 0 Å². The number of ether oxygens (including phenoxy) is 3. The Labute approximate surface area is 204 Å². The molecule has 35 heavy (non-hydrogen) atoms. The van der Waals surface area contributed by atoms with Gasteiger partial charge in [-0.1, -0.05) is 23.8 Å². The number of piperazine rings is 1. The number of rotatable bonds is 8. The third kappa shape index (κ3) is 9.17. The summed E-state index contributed by atoms with van der Waals surface area (Å²) in [6, 6.07) is 13.8. The van der Waals surface area contributed by atoms with Gasteiger partial charge in [-0.25, -0.2) is 9.59 Å². The minimum absolute atomic E-state index is 0.0355. The molecule has 0 unspecified atom stereocenters. The lowest BCUT2D eigenvalue weighted by Gasteiger charge is -2.34. The number of aryl methyl sites for hydroxylation is 1. The lowest BCUT2D eigenvalue weighted by molar-refractivity contribution is -0.159. The first-order chi connectivity index (χ1) is 16.7. The molecule has 1 heterocycles. The zero-order valence-corrected chi connectivity index (χ0v) is 20.2. The maximum absolute atomic E-state index is 12.4. The second-order valence-corrected chi connectivity index (χ2v) is 7.79. The fourth-order valence-corrected chi connectivity index (χ4v) is 3.37. The van der Waals surface area contributed by atoms with Gasteiger partial charge in [0, 0.05) is 32.7 Å². The predicted molar refractivity (Wildman–Crippen MR) is 128 cm³/mol. The number of carbonyl (C=O) groups is 3. The smallest absolute Gasteiger partial charge is 0.414 e. The van der Waals surface area contributed by atoms with Crippen molar-refractivity contribution < 1.29 is 38.8 Å². The van der Waals surface area contributed by atoms with Gasteiger partial charge in [-0.15, -0.1) is 0 Å². The predicted octanol–water partition coefficient (Wildman–Crippen LogP) is 2.28. The Morgan fingerprint density at radius 2 is 1.51 bits per heavy atom. The number of carboxylic acid groups (broad SMARTS) is 2. The second-order valence-electron chi connectivity index (χ2n) is 7.79. The van der Waals surface area contributed by atoms with Crippen molar-refractivity contribution in [3.8, 4) is 17.2 Å². The monoisotopic (exact) mass is 488 g/mol. The number of aliphatic carboxylic acids is 2. The molecule has 0 atom stereocenters. The highest BCUT2D eigenvalue weighted by atomic mass is 16.5. The van der Waals surface area contributed by atoms with E-state index in [1.165, 1.54) is 11.1 Å². The summed E-state index contributed by atoms with van der Waals surface area (Å²) in [7, 11) is 1.65. The van der Waals surface area contributed by atoms with Crippen LogP contribution in [0.5, 0.6) is 17.2 Å². The molecule has 0 aliphatic carbocycles. The van der Waals surface area contributed by atoms with Gasteiger partial charge >= 0.3 is 11.9 Å². The molecular weight excluding hydrogens is 456 g/mol. The van der Waals surface area contributed by atoms with Crippen LogP contribution in [0.1, 0.15) is 18.1 Å². The van der Waals surface area contributed by atoms with Crippen molar-refractivity contribution in [3.63, 3.8) is 0 Å². The molecule has 1 aliphatic heterocycles. The summed E-state index contributed by atoms with van der Waals surface area (Å²) in [6.07, 6.45) is 0. The van der Waals surface area contributed by atoms with Crippen LogP contribution in [0.3, 0.4) is 0 Å². The summed E-state index contributed by atoms with van der Waals surface area (Å²) in [5.41, 5.74) is 2.35. The van der Waals surface area contributed by atoms with Gasteiger partial charge in [-0.3, -0.25) is 9.69 Å². The summed E-state index contributed by atoms with van der Waals surface area (Å²) in [5.74, 6) is -1.36. The maximum atomic E-state index is 12.4. The SMILES string of the molecule is CCOc1cc(CN2CCN(C(=O)COc3ccc(C)cc3)CC2)ccc1OC.O=C(O)C(=O)O. The number of nitrogens with zero attached hydrogens (tertiary/aromatic N) is 2. The minimum atomic E-state index is -1.82. The molecule has 10 nitrogen and oxygen atoms in total. The Morgan fingerprint density at radius 1 is 0.886 bits per heavy atom. The first-order valence-corrected chi connectivity index (χ1v) is 11.2. The molecule has 2 aromatic rings. The number of carboxylic acids is 2. The van der Waals surface area contributed by atoms with Crippen LogP contribution in [0, 0.1) is 6.92 Å². The second kappa shape index (κ2) is 13.8. The van der Waals surface area contributed by atoms with Crippen molar-refractivity contribution in [2.75, 3.05) is 46.5 Å². The van der Waals surface area contributed by atoms with Crippen molar-refractivity contribution >= 4 is 17.8 Å². The maximum Gasteiger partial charge on any atom is 0.414 e. The molecule has 0 radical (unpaired) electrons. The number of carbonyl (C=O) groups excluding carboxylic acids is 1. The van der Waals surface area contributed by atoms with Crippen molar-refractivity contribution in [1.82, 2.24) is 9.80 Å². The van der Waals surface area contributed by atoms with Gasteiger partial charge in [0.1, 0.15) is 5.75 Å². The lowest BCUT2D eigenvalue weighted by Crippen LogP contribution is -2.49. The molecule has 2 aromatic carbocycles. The summed E-state index contributed by atoms with van der Waals surface area (Å²) < 4.78 is 16.6. The molecule has 2 N–H and O–H groups in total. The van der Waals surface area contributed by atoms with Crippen LogP contribution in [0.2, 0.25) is 0 Å². The third-order valence-corrected chi connectivity index (χ3v) is 5.23. The molecule has 3 rings (SSSR count). The van der Waals surface area contributed by atoms with Crippen molar-refractivity contribution in [1.29, 1.82) is 0 Å². The molecule has 0 saturated carbocycles. The molecule has 0 spiro atoms. The van der Waals surface area contributed by atoms with Crippen LogP contribution in [-0.4, -0.2) is 84.4 Å². The summed E-state index contributed by atoms with van der Waals surface area (Å²) in [5, 5.41) is 14.8. The van der Waals surface area contributed by atoms with Gasteiger partial charge in [0.25, 0.3) is 5.91 Å². The number of hydrogen-bond acceptors (Lipinski definition) is 7. The molecule has 10 heteroatoms. The van der Waals surface area contributed by atoms with E-state index in [1.54, 1.807) is 7.11 Å². The van der Waals surface area contributed by atoms with Crippen molar-refractivity contribution in [2.45, 2.75) is 20.4 Å². The van der Waals surface area contributed by atoms with Gasteiger partial charge < -0.3 is 29.3 Å². The molecule has 0 bridgehead atoms. The zero-order chi connectivity index (χ0) is 25.8. The van der Waals surface area contributed by atoms with Crippen LogP contribution < -0.4 is 14.2 Å². The van der Waals surface area contributed by atoms with E-state index in [1.807, 2.05) is 55.1 Å². The highest BCUT2D eigenvalue weighted by Gasteiger charge is 2.21. The van der Waals surface area contributed by atoms with E-state index in [9.17, 15) is 4.79 Å². The van der Waals surface area contributed by atoms with Crippen LogP contribution in [0.15, 0.2) is 42.5 Å². The standard InChI is InChI=1S/C23H30N2O4.C2H2O4/c1-4-28-22-15-19(7-10-21(22)27-3)16-24-11-13-25(14-12-24)23(26)17-29-20-8-5-18(2)6-9-20;3-1(4)2(5)6/h5-10,15H,4,11-14,16-17H2,1-3H3;(H,3,4)(H,5,6). The summed E-state index contributed by atoms with van der Waals surface area (Å²) in [4.78, 5) is 34.9. The van der Waals surface area contributed by atoms with Crippen LogP contribution in [0.25, 0.3) is 0 Å². The van der Waals surface area contributed by atoms with Gasteiger partial charge in [0.2, 0.25) is 0 Å². The van der Waals surface area contributed by atoms with Crippen molar-refractivity contribution in [3.05, 3.63) is 53.6 Å². The minimum Gasteiger partial charge on any atom is -0.493 e. The Hall–Kier alpha value is -3.79. The zero-order valence-electron chi connectivity index (χ0n) is 20.2. The topological polar surface area (TPSA) is 126 Å². The molecule has 1 aliphatic rings. The van der Waals surface area contributed by atoms with Crippen LogP contribution in [-0.2, 0) is 20.9 Å². The molecule has 1 amide bonds. The Balaban J connectivity index is 0.000000641. The van der Waals surface area contributed by atoms with E-state index in [2.05, 4.69) is 11.0 Å². The first-order valence-electron chi connectivity index (χ1n) is 11.2. The highest BCUT2D eigenvalue weighted by molar-refractivity contribution is 6.27. The average Bonchev–Trinajstić information content (AvgIpc) is 2.85. The summed E-state index contributed by atoms with van der Waals surface area (Å²) in [6.45, 7) is 8.60. The summed E-state index contributed by atoms with van der Waals surface area (Å²) >= 11 is 0. The third-order valence-electron chi connectivity index (χ3n) is 5.23. The largest absolute Gasteiger partial charge is 0.493 e. The number of amides is 1. The fraction of sp³-hybridized carbons (Fsp3) is 0.400. The van der Waals surface area contributed by atoms with E-state index in [0.717, 1.165) is 36.9 Å². The average molecular weight is 489 g/mol.